The average Bonchev–Trinajstić information content (AvgIpc) is 2.47. The van der Waals surface area contributed by atoms with E-state index in [0.29, 0.717) is 12.3 Å². The first-order valence-electron chi connectivity index (χ1n) is 6.86. The van der Waals surface area contributed by atoms with Crippen LogP contribution in [0, 0.1) is 0 Å². The monoisotopic (exact) mass is 361 g/mol. The Hall–Kier alpha value is -0.590. The Labute approximate surface area is 129 Å². The van der Waals surface area contributed by atoms with Gasteiger partial charge < -0.3 is 4.74 Å². The number of hydrogen-bond donors (Lipinski definition) is 0. The largest absolute Gasteiger partial charge is 0.495 e. The molecule has 1 aliphatic rings. The van der Waals surface area contributed by atoms with Gasteiger partial charge in [0.2, 0.25) is 10.0 Å². The Morgan fingerprint density at radius 3 is 2.80 bits per heavy atom. The fourth-order valence-corrected chi connectivity index (χ4v) is 5.14. The lowest BCUT2D eigenvalue weighted by Crippen LogP contribution is -2.43. The lowest BCUT2D eigenvalue weighted by Gasteiger charge is -2.34. The number of hydrogen-bond acceptors (Lipinski definition) is 3. The van der Waals surface area contributed by atoms with Crippen LogP contribution in [0.2, 0.25) is 0 Å². The number of ether oxygens (including phenoxy) is 1. The lowest BCUT2D eigenvalue weighted by molar-refractivity contribution is 0.246. The molecule has 0 saturated carbocycles. The van der Waals surface area contributed by atoms with Crippen molar-refractivity contribution in [3.8, 4) is 5.75 Å². The molecule has 0 N–H and O–H groups in total. The molecule has 0 amide bonds. The third-order valence-corrected chi connectivity index (χ3v) is 6.22. The van der Waals surface area contributed by atoms with E-state index >= 15 is 0 Å². The fraction of sp³-hybridized carbons (Fsp3) is 0.571. The Kier molecular flexibility index (Phi) is 5.09. The summed E-state index contributed by atoms with van der Waals surface area (Å²) in [6.07, 6.45) is 3.80. The molecule has 112 valence electrons. The van der Waals surface area contributed by atoms with Crippen molar-refractivity contribution in [3.05, 3.63) is 22.7 Å². The van der Waals surface area contributed by atoms with Crippen LogP contribution in [-0.4, -0.2) is 32.4 Å². The molecule has 0 radical (unpaired) electrons. The molecule has 1 aromatic rings. The van der Waals surface area contributed by atoms with Crippen LogP contribution in [0.15, 0.2) is 27.6 Å². The van der Waals surface area contributed by atoms with Gasteiger partial charge in [-0.1, -0.05) is 29.3 Å². The minimum Gasteiger partial charge on any atom is -0.495 e. The summed E-state index contributed by atoms with van der Waals surface area (Å²) in [6.45, 7) is 2.63. The maximum absolute atomic E-state index is 12.9. The molecule has 1 aromatic carbocycles. The van der Waals surface area contributed by atoms with E-state index < -0.39 is 10.0 Å². The lowest BCUT2D eigenvalue weighted by atomic mass is 10.0. The van der Waals surface area contributed by atoms with E-state index in [2.05, 4.69) is 15.9 Å². The van der Waals surface area contributed by atoms with Crippen LogP contribution < -0.4 is 4.74 Å². The first-order valence-corrected chi connectivity index (χ1v) is 9.09. The van der Waals surface area contributed by atoms with Crippen LogP contribution >= 0.6 is 15.9 Å². The van der Waals surface area contributed by atoms with Gasteiger partial charge in [0.1, 0.15) is 10.6 Å². The summed E-state index contributed by atoms with van der Waals surface area (Å²) in [5, 5.41) is 0. The summed E-state index contributed by atoms with van der Waals surface area (Å²) in [6, 6.07) is 5.18. The summed E-state index contributed by atoms with van der Waals surface area (Å²) in [5.74, 6) is 0.397. The van der Waals surface area contributed by atoms with Gasteiger partial charge in [-0.15, -0.1) is 0 Å². The second-order valence-electron chi connectivity index (χ2n) is 4.97. The van der Waals surface area contributed by atoms with Crippen molar-refractivity contribution in [1.29, 1.82) is 0 Å². The van der Waals surface area contributed by atoms with Crippen LogP contribution in [0.1, 0.15) is 32.6 Å². The highest BCUT2D eigenvalue weighted by molar-refractivity contribution is 9.10. The molecule has 1 heterocycles. The number of methoxy groups -OCH3 is 1. The van der Waals surface area contributed by atoms with E-state index in [1.54, 1.807) is 22.5 Å². The topological polar surface area (TPSA) is 46.6 Å². The van der Waals surface area contributed by atoms with Crippen molar-refractivity contribution in [2.45, 2.75) is 43.5 Å². The van der Waals surface area contributed by atoms with Gasteiger partial charge in [-0.2, -0.15) is 4.31 Å². The SMILES string of the molecule is CC[C@@H]1CCCCN1S(=O)(=O)c1cc(Br)ccc1OC. The highest BCUT2D eigenvalue weighted by Gasteiger charge is 2.34. The van der Waals surface area contributed by atoms with Gasteiger partial charge in [-0.3, -0.25) is 0 Å². The van der Waals surface area contributed by atoms with Crippen molar-refractivity contribution < 1.29 is 13.2 Å². The molecule has 6 heteroatoms. The third-order valence-electron chi connectivity index (χ3n) is 3.76. The first kappa shape index (κ1) is 15.8. The van der Waals surface area contributed by atoms with Crippen molar-refractivity contribution in [2.24, 2.45) is 0 Å². The van der Waals surface area contributed by atoms with Gasteiger partial charge in [0.15, 0.2) is 0 Å². The summed E-state index contributed by atoms with van der Waals surface area (Å²) in [4.78, 5) is 0.245. The molecular weight excluding hydrogens is 342 g/mol. The van der Waals surface area contributed by atoms with E-state index in [1.165, 1.54) is 7.11 Å². The highest BCUT2D eigenvalue weighted by atomic mass is 79.9. The Balaban J connectivity index is 2.46. The molecule has 0 aromatic heterocycles. The van der Waals surface area contributed by atoms with Gasteiger partial charge in [-0.05, 0) is 37.5 Å². The van der Waals surface area contributed by atoms with Crippen molar-refractivity contribution in [2.75, 3.05) is 13.7 Å². The number of sulfonamides is 1. The standard InChI is InChI=1S/C14H20BrNO3S/c1-3-12-6-4-5-9-16(12)20(17,18)14-10-11(15)7-8-13(14)19-2/h7-8,10,12H,3-6,9H2,1-2H3/t12-/m1/s1. The highest BCUT2D eigenvalue weighted by Crippen LogP contribution is 2.33. The second kappa shape index (κ2) is 6.45. The Morgan fingerprint density at radius 2 is 2.15 bits per heavy atom. The average molecular weight is 362 g/mol. The molecule has 1 fully saturated rings. The van der Waals surface area contributed by atoms with Gasteiger partial charge in [0, 0.05) is 17.1 Å². The minimum absolute atomic E-state index is 0.0948. The number of piperidine rings is 1. The van der Waals surface area contributed by atoms with Crippen LogP contribution in [0.4, 0.5) is 0 Å². The van der Waals surface area contributed by atoms with Crippen LogP contribution in [0.3, 0.4) is 0 Å². The smallest absolute Gasteiger partial charge is 0.247 e. The van der Waals surface area contributed by atoms with Gasteiger partial charge in [0.25, 0.3) is 0 Å². The fourth-order valence-electron chi connectivity index (χ4n) is 2.68. The normalized spacial score (nSPS) is 20.9. The number of benzene rings is 1. The molecule has 1 saturated heterocycles. The third kappa shape index (κ3) is 3.02. The Bertz CT molecular complexity index is 574. The zero-order valence-corrected chi connectivity index (χ0v) is 14.2. The molecule has 0 spiro atoms. The minimum atomic E-state index is -3.51. The predicted octanol–water partition coefficient (Wildman–Crippen LogP) is 3.41. The zero-order valence-electron chi connectivity index (χ0n) is 11.8. The molecule has 1 atom stereocenters. The molecule has 0 aliphatic carbocycles. The maximum atomic E-state index is 12.9. The molecule has 2 rings (SSSR count). The Morgan fingerprint density at radius 1 is 1.40 bits per heavy atom. The van der Waals surface area contributed by atoms with Crippen molar-refractivity contribution in [1.82, 2.24) is 4.31 Å². The van der Waals surface area contributed by atoms with Gasteiger partial charge >= 0.3 is 0 Å². The molecule has 20 heavy (non-hydrogen) atoms. The quantitative estimate of drug-likeness (QED) is 0.825. The summed E-state index contributed by atoms with van der Waals surface area (Å²) < 4.78 is 33.4. The molecular formula is C14H20BrNO3S. The second-order valence-corrected chi connectivity index (χ2v) is 7.74. The van der Waals surface area contributed by atoms with E-state index in [1.807, 2.05) is 6.92 Å². The van der Waals surface area contributed by atoms with E-state index in [9.17, 15) is 8.42 Å². The van der Waals surface area contributed by atoms with Gasteiger partial charge in [-0.25, -0.2) is 8.42 Å². The zero-order chi connectivity index (χ0) is 14.8. The number of nitrogens with zero attached hydrogens (tertiary/aromatic N) is 1. The summed E-state index contributed by atoms with van der Waals surface area (Å²) >= 11 is 3.34. The molecule has 0 unspecified atom stereocenters. The van der Waals surface area contributed by atoms with E-state index in [4.69, 9.17) is 4.74 Å². The summed E-state index contributed by atoms with van der Waals surface area (Å²) in [7, 11) is -2.01. The van der Waals surface area contributed by atoms with Crippen LogP contribution in [-0.2, 0) is 10.0 Å². The first-order chi connectivity index (χ1) is 9.50. The van der Waals surface area contributed by atoms with Gasteiger partial charge in [0.05, 0.1) is 7.11 Å². The van der Waals surface area contributed by atoms with Crippen LogP contribution in [0.5, 0.6) is 5.75 Å². The van der Waals surface area contributed by atoms with Crippen LogP contribution in [0.25, 0.3) is 0 Å². The number of rotatable bonds is 4. The maximum Gasteiger partial charge on any atom is 0.247 e. The van der Waals surface area contributed by atoms with E-state index in [-0.39, 0.29) is 10.9 Å². The molecule has 1 aliphatic heterocycles. The molecule has 0 bridgehead atoms. The molecule has 4 nitrogen and oxygen atoms in total. The number of halogens is 1. The predicted molar refractivity (Wildman–Crippen MR) is 82.5 cm³/mol. The van der Waals surface area contributed by atoms with Crippen molar-refractivity contribution in [3.63, 3.8) is 0 Å². The van der Waals surface area contributed by atoms with Crippen molar-refractivity contribution >= 4 is 26.0 Å². The van der Waals surface area contributed by atoms with E-state index in [0.717, 1.165) is 30.2 Å². The summed E-state index contributed by atoms with van der Waals surface area (Å²) in [5.41, 5.74) is 0.